The molecule has 0 saturated heterocycles. The predicted octanol–water partition coefficient (Wildman–Crippen LogP) is 6.19. The van der Waals surface area contributed by atoms with Crippen LogP contribution in [0.4, 0.5) is 0 Å². The van der Waals surface area contributed by atoms with Gasteiger partial charge in [0.05, 0.1) is 11.8 Å². The molecule has 0 aromatic carbocycles. The predicted molar refractivity (Wildman–Crippen MR) is 241 cm³/mol. The van der Waals surface area contributed by atoms with E-state index in [9.17, 15) is 19.2 Å². The molecular weight excluding hydrogens is 763 g/mol. The van der Waals surface area contributed by atoms with Gasteiger partial charge >= 0.3 is 0 Å². The van der Waals surface area contributed by atoms with Crippen LogP contribution in [0.5, 0.6) is 0 Å². The van der Waals surface area contributed by atoms with E-state index >= 15 is 4.79 Å². The van der Waals surface area contributed by atoms with Crippen molar-refractivity contribution in [3.05, 3.63) is 30.1 Å². The quantitative estimate of drug-likeness (QED) is 0.117. The van der Waals surface area contributed by atoms with Crippen molar-refractivity contribution in [1.82, 2.24) is 35.2 Å². The summed E-state index contributed by atoms with van der Waals surface area (Å²) in [6.45, 7) is 27.8. The third kappa shape index (κ3) is 16.2. The minimum Gasteiger partial charge on any atom is -0.411 e. The standard InChI is InChI=1S/C45H83N7O6Si/c1-19-35(41(54)46-12)48-42(55)39(40(58-59(17,18)45(9,10)11)33(8)25-27-49(13)29-34-22-20-21-26-47-34)52(16)44(57)38(32(6)7)51(15)43(56)36(28-31(4)5)50(14)37(53)24-23-30(2)3/h20-22,26,30-33,35-36,38-40H,19,23-25,27-29H2,1-18H3,(H,46,54)(H,48,55)/t33-,35+,36+,38+,39+,40-/m1/s1. The van der Waals surface area contributed by atoms with E-state index in [2.05, 4.69) is 75.2 Å². The van der Waals surface area contributed by atoms with Crippen LogP contribution in [0.25, 0.3) is 0 Å². The van der Waals surface area contributed by atoms with E-state index < -0.39 is 50.4 Å². The van der Waals surface area contributed by atoms with Crippen LogP contribution in [-0.4, -0.2) is 134 Å². The number of carbonyl (C=O) groups is 5. The third-order valence-corrected chi connectivity index (χ3v) is 16.5. The minimum atomic E-state index is -2.59. The number of aromatic nitrogens is 1. The zero-order valence-electron chi connectivity index (χ0n) is 40.1. The fraction of sp³-hybridized carbons (Fsp3) is 0.778. The van der Waals surface area contributed by atoms with Gasteiger partial charge in [-0.15, -0.1) is 0 Å². The van der Waals surface area contributed by atoms with Crippen molar-refractivity contribution in [2.24, 2.45) is 23.7 Å². The number of amides is 5. The molecule has 1 heterocycles. The van der Waals surface area contributed by atoms with Gasteiger partial charge in [-0.25, -0.2) is 0 Å². The van der Waals surface area contributed by atoms with E-state index in [-0.39, 0.29) is 40.5 Å². The van der Waals surface area contributed by atoms with Gasteiger partial charge in [-0.3, -0.25) is 29.0 Å². The van der Waals surface area contributed by atoms with Crippen LogP contribution in [0.1, 0.15) is 114 Å². The molecule has 1 aromatic heterocycles. The van der Waals surface area contributed by atoms with E-state index in [0.29, 0.717) is 51.1 Å². The zero-order valence-corrected chi connectivity index (χ0v) is 41.1. The summed E-state index contributed by atoms with van der Waals surface area (Å²) >= 11 is 0. The summed E-state index contributed by atoms with van der Waals surface area (Å²) < 4.78 is 7.23. The van der Waals surface area contributed by atoms with Crippen LogP contribution in [0.15, 0.2) is 24.4 Å². The van der Waals surface area contributed by atoms with Crippen LogP contribution >= 0.6 is 0 Å². The smallest absolute Gasteiger partial charge is 0.246 e. The Kier molecular flexibility index (Phi) is 22.0. The van der Waals surface area contributed by atoms with Crippen molar-refractivity contribution >= 4 is 37.9 Å². The second kappa shape index (κ2) is 24.2. The van der Waals surface area contributed by atoms with Crippen LogP contribution < -0.4 is 10.6 Å². The van der Waals surface area contributed by atoms with Crippen molar-refractivity contribution < 1.29 is 28.4 Å². The van der Waals surface area contributed by atoms with Gasteiger partial charge in [-0.05, 0) is 93.2 Å². The van der Waals surface area contributed by atoms with Gasteiger partial charge < -0.3 is 34.7 Å². The first-order chi connectivity index (χ1) is 27.2. The number of likely N-dealkylation sites (N-methyl/N-ethyl adjacent to an activating group) is 4. The van der Waals surface area contributed by atoms with Gasteiger partial charge in [0.15, 0.2) is 8.32 Å². The summed E-state index contributed by atoms with van der Waals surface area (Å²) in [6.07, 6.45) is 3.46. The Morgan fingerprint density at radius 1 is 0.814 bits per heavy atom. The van der Waals surface area contributed by atoms with E-state index in [4.69, 9.17) is 4.43 Å². The zero-order chi connectivity index (χ0) is 45.6. The Morgan fingerprint density at radius 3 is 1.88 bits per heavy atom. The largest absolute Gasteiger partial charge is 0.411 e. The molecule has 0 aliphatic carbocycles. The highest BCUT2D eigenvalue weighted by Gasteiger charge is 2.48. The number of pyridine rings is 1. The van der Waals surface area contributed by atoms with E-state index in [0.717, 1.165) is 5.69 Å². The number of carbonyl (C=O) groups excluding carboxylic acids is 5. The monoisotopic (exact) mass is 846 g/mol. The number of nitrogens with one attached hydrogen (secondary N) is 2. The molecule has 0 spiro atoms. The van der Waals surface area contributed by atoms with E-state index in [1.165, 1.54) is 16.8 Å². The number of nitrogens with zero attached hydrogens (tertiary/aromatic N) is 5. The number of rotatable bonds is 24. The summed E-state index contributed by atoms with van der Waals surface area (Å²) in [4.78, 5) is 82.0. The summed E-state index contributed by atoms with van der Waals surface area (Å²) in [5.74, 6) is -1.84. The molecule has 1 aromatic rings. The van der Waals surface area contributed by atoms with Crippen molar-refractivity contribution in [1.29, 1.82) is 0 Å². The summed E-state index contributed by atoms with van der Waals surface area (Å²) in [5.41, 5.74) is 0.944. The summed E-state index contributed by atoms with van der Waals surface area (Å²) in [7, 11) is 5.87. The lowest BCUT2D eigenvalue weighted by molar-refractivity contribution is -0.155. The molecule has 0 aliphatic rings. The molecule has 2 N–H and O–H groups in total. The first kappa shape index (κ1) is 53.7. The lowest BCUT2D eigenvalue weighted by Gasteiger charge is -2.46. The van der Waals surface area contributed by atoms with Crippen molar-refractivity contribution in [3.8, 4) is 0 Å². The molecule has 59 heavy (non-hydrogen) atoms. The lowest BCUT2D eigenvalue weighted by Crippen LogP contribution is -2.64. The maximum atomic E-state index is 15.1. The molecule has 13 nitrogen and oxygen atoms in total. The molecule has 0 fully saturated rings. The van der Waals surface area contributed by atoms with Gasteiger partial charge in [0.2, 0.25) is 29.5 Å². The fourth-order valence-electron chi connectivity index (χ4n) is 7.02. The van der Waals surface area contributed by atoms with Gasteiger partial charge in [0, 0.05) is 47.4 Å². The highest BCUT2D eigenvalue weighted by atomic mass is 28.4. The Labute approximate surface area is 359 Å². The Morgan fingerprint density at radius 2 is 1.41 bits per heavy atom. The Balaban J connectivity index is 3.86. The van der Waals surface area contributed by atoms with Gasteiger partial charge in [-0.2, -0.15) is 0 Å². The lowest BCUT2D eigenvalue weighted by atomic mass is 9.91. The summed E-state index contributed by atoms with van der Waals surface area (Å²) in [6, 6.07) is 2.12. The molecule has 6 atom stereocenters. The molecule has 0 aliphatic heterocycles. The van der Waals surface area contributed by atoms with Crippen LogP contribution in [0.3, 0.4) is 0 Å². The SMILES string of the molecule is CC[C@H](NC(=O)[C@H]([C@H](O[Si](C)(C)C(C)(C)C)[C@H](C)CCN(C)Cc1ccccn1)N(C)C(=O)[C@H](C(C)C)N(C)C(=O)[C@H](CC(C)C)N(C)C(=O)CCC(C)C)C(=O)NC. The topological polar surface area (TPSA) is 144 Å². The maximum absolute atomic E-state index is 15.1. The maximum Gasteiger partial charge on any atom is 0.246 e. The highest BCUT2D eigenvalue weighted by Crippen LogP contribution is 2.39. The normalized spacial score (nSPS) is 15.4. The van der Waals surface area contributed by atoms with E-state index in [1.807, 2.05) is 59.9 Å². The van der Waals surface area contributed by atoms with Crippen LogP contribution in [0.2, 0.25) is 18.1 Å². The Bertz CT molecular complexity index is 1480. The first-order valence-electron chi connectivity index (χ1n) is 21.8. The molecule has 1 rings (SSSR count). The molecule has 338 valence electrons. The van der Waals surface area contributed by atoms with Crippen molar-refractivity contribution in [3.63, 3.8) is 0 Å². The average Bonchev–Trinajstić information content (AvgIpc) is 3.15. The Hall–Kier alpha value is -3.36. The van der Waals surface area contributed by atoms with Gasteiger partial charge in [0.25, 0.3) is 0 Å². The number of hydrogen-bond donors (Lipinski definition) is 2. The van der Waals surface area contributed by atoms with Crippen molar-refractivity contribution in [2.45, 2.75) is 163 Å². The second-order valence-corrected chi connectivity index (χ2v) is 24.1. The second-order valence-electron chi connectivity index (χ2n) is 19.4. The first-order valence-corrected chi connectivity index (χ1v) is 24.7. The molecule has 0 bridgehead atoms. The van der Waals surface area contributed by atoms with Crippen LogP contribution in [0, 0.1) is 23.7 Å². The molecule has 14 heteroatoms. The molecule has 0 unspecified atom stereocenters. The fourth-order valence-corrected chi connectivity index (χ4v) is 8.42. The minimum absolute atomic E-state index is 0.103. The molecule has 0 radical (unpaired) electrons. The highest BCUT2D eigenvalue weighted by molar-refractivity contribution is 6.74. The third-order valence-electron chi connectivity index (χ3n) is 12.0. The van der Waals surface area contributed by atoms with Gasteiger partial charge in [-0.1, -0.05) is 82.2 Å². The van der Waals surface area contributed by atoms with Crippen LogP contribution in [-0.2, 0) is 34.9 Å². The summed E-state index contributed by atoms with van der Waals surface area (Å²) in [5, 5.41) is 5.39. The molecule has 5 amide bonds. The van der Waals surface area contributed by atoms with Crippen molar-refractivity contribution in [2.75, 3.05) is 41.8 Å². The average molecular weight is 846 g/mol. The molecular formula is C45H83N7O6Si. The van der Waals surface area contributed by atoms with E-state index in [1.54, 1.807) is 32.2 Å². The molecule has 0 saturated carbocycles. The van der Waals surface area contributed by atoms with Gasteiger partial charge in [0.1, 0.15) is 24.2 Å². The number of hydrogen-bond acceptors (Lipinski definition) is 8.